The lowest BCUT2D eigenvalue weighted by atomic mass is 10.0. The number of anilines is 1. The first-order valence-corrected chi connectivity index (χ1v) is 6.55. The van der Waals surface area contributed by atoms with Crippen LogP contribution in [0.15, 0.2) is 41.0 Å². The fourth-order valence-electron chi connectivity index (χ4n) is 2.17. The molecule has 2 N–H and O–H groups in total. The van der Waals surface area contributed by atoms with Crippen molar-refractivity contribution in [2.24, 2.45) is 5.73 Å². The first kappa shape index (κ1) is 15.4. The molecule has 0 aliphatic carbocycles. The maximum Gasteiger partial charge on any atom is 0.416 e. The third-order valence-electron chi connectivity index (χ3n) is 3.23. The largest absolute Gasteiger partial charge is 0.467 e. The summed E-state index contributed by atoms with van der Waals surface area (Å²) in [4.78, 5) is 1.71. The zero-order valence-electron chi connectivity index (χ0n) is 11.7. The van der Waals surface area contributed by atoms with E-state index in [1.165, 1.54) is 12.3 Å². The Balaban J connectivity index is 2.28. The van der Waals surface area contributed by atoms with Crippen molar-refractivity contribution in [1.82, 2.24) is 0 Å². The molecule has 0 saturated heterocycles. The molecular formula is C15H17F3N2O. The lowest BCUT2D eigenvalue weighted by Gasteiger charge is -2.21. The second-order valence-corrected chi connectivity index (χ2v) is 4.81. The molecule has 6 heteroatoms. The van der Waals surface area contributed by atoms with Crippen molar-refractivity contribution in [1.29, 1.82) is 0 Å². The second-order valence-electron chi connectivity index (χ2n) is 4.81. The van der Waals surface area contributed by atoms with Crippen LogP contribution in [0.4, 0.5) is 18.9 Å². The van der Waals surface area contributed by atoms with Gasteiger partial charge in [-0.15, -0.1) is 0 Å². The van der Waals surface area contributed by atoms with Crippen molar-refractivity contribution in [3.8, 4) is 0 Å². The van der Waals surface area contributed by atoms with Crippen LogP contribution in [0.2, 0.25) is 0 Å². The van der Waals surface area contributed by atoms with E-state index < -0.39 is 11.7 Å². The van der Waals surface area contributed by atoms with Crippen LogP contribution < -0.4 is 10.6 Å². The van der Waals surface area contributed by atoms with Crippen molar-refractivity contribution in [2.45, 2.75) is 19.1 Å². The highest BCUT2D eigenvalue weighted by Crippen LogP contribution is 2.35. The predicted molar refractivity (Wildman–Crippen MR) is 75.0 cm³/mol. The minimum absolute atomic E-state index is 0.185. The molecule has 0 aliphatic rings. The van der Waals surface area contributed by atoms with E-state index in [0.717, 1.165) is 6.07 Å². The maximum atomic E-state index is 13.1. The molecule has 2 rings (SSSR count). The number of halogens is 3. The van der Waals surface area contributed by atoms with Crippen LogP contribution in [-0.2, 0) is 19.1 Å². The highest BCUT2D eigenvalue weighted by Gasteiger charge is 2.33. The van der Waals surface area contributed by atoms with E-state index in [-0.39, 0.29) is 18.5 Å². The Kier molecular flexibility index (Phi) is 4.57. The molecule has 0 aliphatic heterocycles. The summed E-state index contributed by atoms with van der Waals surface area (Å²) >= 11 is 0. The van der Waals surface area contributed by atoms with E-state index in [4.69, 9.17) is 10.2 Å². The standard InChI is InChI=1S/C15H17F3N2O/c1-20(10-13-3-2-8-21-13)12-5-4-11(6-7-19)14(9-12)15(16,17)18/h2-5,8-9H,6-7,10,19H2,1H3. The van der Waals surface area contributed by atoms with E-state index in [1.807, 2.05) is 0 Å². The lowest BCUT2D eigenvalue weighted by Crippen LogP contribution is -2.18. The number of benzene rings is 1. The van der Waals surface area contributed by atoms with E-state index in [2.05, 4.69) is 0 Å². The normalized spacial score (nSPS) is 11.7. The van der Waals surface area contributed by atoms with Gasteiger partial charge in [-0.05, 0) is 42.8 Å². The summed E-state index contributed by atoms with van der Waals surface area (Å²) in [5.74, 6) is 0.692. The van der Waals surface area contributed by atoms with Gasteiger partial charge in [0.05, 0.1) is 18.4 Å². The smallest absolute Gasteiger partial charge is 0.416 e. The minimum Gasteiger partial charge on any atom is -0.467 e. The number of alkyl halides is 3. The molecule has 0 radical (unpaired) electrons. The van der Waals surface area contributed by atoms with Gasteiger partial charge in [-0.25, -0.2) is 0 Å². The van der Waals surface area contributed by atoms with Gasteiger partial charge in [0.25, 0.3) is 0 Å². The van der Waals surface area contributed by atoms with Crippen molar-refractivity contribution in [3.05, 3.63) is 53.5 Å². The second kappa shape index (κ2) is 6.22. The van der Waals surface area contributed by atoms with Gasteiger partial charge in [0.1, 0.15) is 5.76 Å². The highest BCUT2D eigenvalue weighted by molar-refractivity contribution is 5.51. The molecule has 0 saturated carbocycles. The highest BCUT2D eigenvalue weighted by atomic mass is 19.4. The first-order valence-electron chi connectivity index (χ1n) is 6.55. The molecule has 0 unspecified atom stereocenters. The summed E-state index contributed by atoms with van der Waals surface area (Å²) in [6.07, 6.45) is -2.64. The topological polar surface area (TPSA) is 42.4 Å². The van der Waals surface area contributed by atoms with Crippen LogP contribution in [0.25, 0.3) is 0 Å². The van der Waals surface area contributed by atoms with Crippen LogP contribution in [0.3, 0.4) is 0 Å². The lowest BCUT2D eigenvalue weighted by molar-refractivity contribution is -0.138. The van der Waals surface area contributed by atoms with E-state index in [9.17, 15) is 13.2 Å². The van der Waals surface area contributed by atoms with Gasteiger partial charge in [-0.1, -0.05) is 6.07 Å². The molecule has 0 amide bonds. The van der Waals surface area contributed by atoms with Crippen LogP contribution >= 0.6 is 0 Å². The number of hydrogen-bond donors (Lipinski definition) is 1. The molecule has 114 valence electrons. The van der Waals surface area contributed by atoms with Gasteiger partial charge < -0.3 is 15.1 Å². The Morgan fingerprint density at radius 2 is 2.00 bits per heavy atom. The molecule has 1 aromatic heterocycles. The molecule has 3 nitrogen and oxygen atoms in total. The van der Waals surface area contributed by atoms with Crippen molar-refractivity contribution in [2.75, 3.05) is 18.5 Å². The van der Waals surface area contributed by atoms with Gasteiger partial charge in [0.15, 0.2) is 0 Å². The fraction of sp³-hybridized carbons (Fsp3) is 0.333. The Morgan fingerprint density at radius 3 is 2.57 bits per heavy atom. The SMILES string of the molecule is CN(Cc1ccco1)c1ccc(CCN)c(C(F)(F)F)c1. The third kappa shape index (κ3) is 3.78. The quantitative estimate of drug-likeness (QED) is 0.919. The number of rotatable bonds is 5. The van der Waals surface area contributed by atoms with Gasteiger partial charge in [-0.3, -0.25) is 0 Å². The van der Waals surface area contributed by atoms with Crippen LogP contribution in [-0.4, -0.2) is 13.6 Å². The zero-order chi connectivity index (χ0) is 15.5. The molecule has 1 heterocycles. The van der Waals surface area contributed by atoms with Gasteiger partial charge in [-0.2, -0.15) is 13.2 Å². The monoisotopic (exact) mass is 298 g/mol. The zero-order valence-corrected chi connectivity index (χ0v) is 11.7. The summed E-state index contributed by atoms with van der Waals surface area (Å²) in [5.41, 5.74) is 5.45. The number of hydrogen-bond acceptors (Lipinski definition) is 3. The summed E-state index contributed by atoms with van der Waals surface area (Å²) < 4.78 is 44.5. The molecule has 2 aromatic rings. The summed E-state index contributed by atoms with van der Waals surface area (Å²) in [5, 5.41) is 0. The fourth-order valence-corrected chi connectivity index (χ4v) is 2.17. The number of nitrogens with two attached hydrogens (primary N) is 1. The predicted octanol–water partition coefficient (Wildman–Crippen LogP) is 3.44. The molecule has 0 atom stereocenters. The molecule has 1 aromatic carbocycles. The van der Waals surface area contributed by atoms with Crippen LogP contribution in [0.1, 0.15) is 16.9 Å². The van der Waals surface area contributed by atoms with E-state index in [0.29, 0.717) is 18.0 Å². The molecule has 0 spiro atoms. The summed E-state index contributed by atoms with van der Waals surface area (Å²) in [6, 6.07) is 7.85. The van der Waals surface area contributed by atoms with Crippen molar-refractivity contribution < 1.29 is 17.6 Å². The van der Waals surface area contributed by atoms with E-state index >= 15 is 0 Å². The van der Waals surface area contributed by atoms with Crippen molar-refractivity contribution in [3.63, 3.8) is 0 Å². The Hall–Kier alpha value is -1.95. The summed E-state index contributed by atoms with van der Waals surface area (Å²) in [6.45, 7) is 0.588. The number of furan rings is 1. The van der Waals surface area contributed by atoms with Crippen LogP contribution in [0.5, 0.6) is 0 Å². The Bertz CT molecular complexity index is 579. The third-order valence-corrected chi connectivity index (χ3v) is 3.23. The molecular weight excluding hydrogens is 281 g/mol. The summed E-state index contributed by atoms with van der Waals surface area (Å²) in [7, 11) is 1.72. The van der Waals surface area contributed by atoms with Crippen molar-refractivity contribution >= 4 is 5.69 Å². The maximum absolute atomic E-state index is 13.1. The van der Waals surface area contributed by atoms with E-state index in [1.54, 1.807) is 30.1 Å². The first-order chi connectivity index (χ1) is 9.91. The molecule has 21 heavy (non-hydrogen) atoms. The molecule has 0 fully saturated rings. The molecule has 0 bridgehead atoms. The minimum atomic E-state index is -4.38. The Labute approximate surface area is 121 Å². The van der Waals surface area contributed by atoms with Gasteiger partial charge in [0.2, 0.25) is 0 Å². The Morgan fingerprint density at radius 1 is 1.24 bits per heavy atom. The van der Waals surface area contributed by atoms with Gasteiger partial charge >= 0.3 is 6.18 Å². The van der Waals surface area contributed by atoms with Crippen LogP contribution in [0, 0.1) is 0 Å². The van der Waals surface area contributed by atoms with Gasteiger partial charge in [0, 0.05) is 12.7 Å². The number of nitrogens with zero attached hydrogens (tertiary/aromatic N) is 1. The average molecular weight is 298 g/mol. The average Bonchev–Trinajstić information content (AvgIpc) is 2.91.